The van der Waals surface area contributed by atoms with Crippen molar-refractivity contribution in [2.24, 2.45) is 0 Å². The molecule has 4 heteroatoms. The molecule has 0 aromatic heterocycles. The highest BCUT2D eigenvalue weighted by atomic mass is 35.5. The van der Waals surface area contributed by atoms with E-state index in [0.29, 0.717) is 42.3 Å². The minimum Gasteiger partial charge on any atom is -0.496 e. The molecule has 0 spiro atoms. The van der Waals surface area contributed by atoms with E-state index < -0.39 is 5.67 Å². The van der Waals surface area contributed by atoms with Gasteiger partial charge in [-0.1, -0.05) is 11.6 Å². The van der Waals surface area contributed by atoms with E-state index in [0.717, 1.165) is 0 Å². The molecule has 1 saturated heterocycles. The summed E-state index contributed by atoms with van der Waals surface area (Å²) in [6, 6.07) is 5.11. The van der Waals surface area contributed by atoms with Gasteiger partial charge in [0, 0.05) is 10.6 Å². The van der Waals surface area contributed by atoms with Crippen LogP contribution in [0.2, 0.25) is 5.02 Å². The number of hydrogen-bond donors (Lipinski definition) is 1. The second kappa shape index (κ2) is 4.60. The van der Waals surface area contributed by atoms with Gasteiger partial charge in [-0.2, -0.15) is 0 Å². The van der Waals surface area contributed by atoms with E-state index in [1.54, 1.807) is 25.3 Å². The van der Waals surface area contributed by atoms with Gasteiger partial charge in [-0.15, -0.1) is 0 Å². The lowest BCUT2D eigenvalue weighted by Crippen LogP contribution is -2.36. The van der Waals surface area contributed by atoms with Crippen LogP contribution in [0.25, 0.3) is 0 Å². The standard InChI is InChI=1S/C12H15ClFNO/c1-16-11-3-2-9(13)8-10(11)12(14)4-6-15-7-5-12/h2-3,8,15H,4-7H2,1H3. The maximum absolute atomic E-state index is 14.8. The van der Waals surface area contributed by atoms with Gasteiger partial charge in [-0.05, 0) is 44.1 Å². The van der Waals surface area contributed by atoms with Crippen molar-refractivity contribution in [2.45, 2.75) is 18.5 Å². The maximum Gasteiger partial charge on any atom is 0.142 e. The van der Waals surface area contributed by atoms with Gasteiger partial charge >= 0.3 is 0 Å². The van der Waals surface area contributed by atoms with E-state index in [1.807, 2.05) is 0 Å². The van der Waals surface area contributed by atoms with E-state index in [2.05, 4.69) is 5.32 Å². The number of hydrogen-bond acceptors (Lipinski definition) is 2. The molecule has 0 unspecified atom stereocenters. The first-order valence-corrected chi connectivity index (χ1v) is 5.77. The topological polar surface area (TPSA) is 21.3 Å². The minimum absolute atomic E-state index is 0.462. The Bertz CT molecular complexity index is 377. The number of methoxy groups -OCH3 is 1. The van der Waals surface area contributed by atoms with Gasteiger partial charge in [0.1, 0.15) is 11.4 Å². The number of alkyl halides is 1. The molecule has 0 amide bonds. The average molecular weight is 244 g/mol. The molecule has 0 aliphatic carbocycles. The lowest BCUT2D eigenvalue weighted by atomic mass is 9.86. The molecule has 0 bridgehead atoms. The predicted molar refractivity (Wildman–Crippen MR) is 62.9 cm³/mol. The van der Waals surface area contributed by atoms with Crippen LogP contribution in [-0.2, 0) is 5.67 Å². The van der Waals surface area contributed by atoms with Crippen LogP contribution in [0.5, 0.6) is 5.75 Å². The first-order valence-electron chi connectivity index (χ1n) is 5.39. The molecular weight excluding hydrogens is 229 g/mol. The first-order chi connectivity index (χ1) is 7.65. The van der Waals surface area contributed by atoms with Gasteiger partial charge in [-0.25, -0.2) is 4.39 Å². The summed E-state index contributed by atoms with van der Waals surface area (Å²) in [5.41, 5.74) is -0.745. The zero-order chi connectivity index (χ0) is 11.6. The molecule has 1 aliphatic heterocycles. The smallest absolute Gasteiger partial charge is 0.142 e. The van der Waals surface area contributed by atoms with Crippen LogP contribution in [-0.4, -0.2) is 20.2 Å². The van der Waals surface area contributed by atoms with Crippen LogP contribution in [0.15, 0.2) is 18.2 Å². The third-order valence-electron chi connectivity index (χ3n) is 3.04. The second-order valence-electron chi connectivity index (χ2n) is 4.06. The Labute approximate surface area is 99.7 Å². The molecule has 1 heterocycles. The van der Waals surface area contributed by atoms with E-state index >= 15 is 0 Å². The van der Waals surface area contributed by atoms with Crippen LogP contribution in [0.3, 0.4) is 0 Å². The van der Waals surface area contributed by atoms with Gasteiger partial charge < -0.3 is 10.1 Å². The number of nitrogens with one attached hydrogen (secondary N) is 1. The summed E-state index contributed by atoms with van der Waals surface area (Å²) < 4.78 is 20.0. The van der Waals surface area contributed by atoms with Gasteiger partial charge in [0.05, 0.1) is 7.11 Å². The highest BCUT2D eigenvalue weighted by molar-refractivity contribution is 6.30. The summed E-state index contributed by atoms with van der Waals surface area (Å²) in [6.07, 6.45) is 0.924. The van der Waals surface area contributed by atoms with Crippen LogP contribution >= 0.6 is 11.6 Å². The normalized spacial score (nSPS) is 19.4. The lowest BCUT2D eigenvalue weighted by molar-refractivity contribution is 0.111. The Hall–Kier alpha value is -0.800. The molecule has 1 aliphatic rings. The van der Waals surface area contributed by atoms with E-state index in [-0.39, 0.29) is 0 Å². The van der Waals surface area contributed by atoms with Gasteiger partial charge in [0.2, 0.25) is 0 Å². The summed E-state index contributed by atoms with van der Waals surface area (Å²) in [6.45, 7) is 1.37. The second-order valence-corrected chi connectivity index (χ2v) is 4.50. The van der Waals surface area contributed by atoms with E-state index in [1.165, 1.54) is 0 Å². The average Bonchev–Trinajstić information content (AvgIpc) is 2.30. The van der Waals surface area contributed by atoms with Crippen molar-refractivity contribution < 1.29 is 9.13 Å². The molecule has 1 aromatic rings. The Morgan fingerprint density at radius 1 is 1.38 bits per heavy atom. The highest BCUT2D eigenvalue weighted by Gasteiger charge is 2.36. The van der Waals surface area contributed by atoms with Gasteiger partial charge in [-0.3, -0.25) is 0 Å². The van der Waals surface area contributed by atoms with Gasteiger partial charge in [0.15, 0.2) is 0 Å². The molecule has 2 rings (SSSR count). The van der Waals surface area contributed by atoms with Crippen molar-refractivity contribution in [1.29, 1.82) is 0 Å². The molecule has 88 valence electrons. The third kappa shape index (κ3) is 2.15. The molecule has 1 aromatic carbocycles. The number of ether oxygens (including phenoxy) is 1. The molecular formula is C12H15ClFNO. The quantitative estimate of drug-likeness (QED) is 0.863. The van der Waals surface area contributed by atoms with Crippen molar-refractivity contribution in [3.63, 3.8) is 0 Å². The summed E-state index contributed by atoms with van der Waals surface area (Å²) >= 11 is 5.92. The fourth-order valence-electron chi connectivity index (χ4n) is 2.12. The Balaban J connectivity index is 2.40. The maximum atomic E-state index is 14.8. The lowest BCUT2D eigenvalue weighted by Gasteiger charge is -2.31. The van der Waals surface area contributed by atoms with E-state index in [4.69, 9.17) is 16.3 Å². The summed E-state index contributed by atoms with van der Waals surface area (Å²) in [5, 5.41) is 3.70. The number of benzene rings is 1. The molecule has 2 nitrogen and oxygen atoms in total. The molecule has 0 radical (unpaired) electrons. The predicted octanol–water partition coefficient (Wildman–Crippen LogP) is 2.90. The zero-order valence-electron chi connectivity index (χ0n) is 9.22. The monoisotopic (exact) mass is 243 g/mol. The molecule has 16 heavy (non-hydrogen) atoms. The van der Waals surface area contributed by atoms with Crippen molar-refractivity contribution in [1.82, 2.24) is 5.32 Å². The first kappa shape index (κ1) is 11.7. The van der Waals surface area contributed by atoms with Crippen LogP contribution in [0.1, 0.15) is 18.4 Å². The van der Waals surface area contributed by atoms with Crippen molar-refractivity contribution in [2.75, 3.05) is 20.2 Å². The summed E-state index contributed by atoms with van der Waals surface area (Å²) in [5.74, 6) is 0.578. The largest absolute Gasteiger partial charge is 0.496 e. The number of rotatable bonds is 2. The number of piperidine rings is 1. The van der Waals surface area contributed by atoms with Gasteiger partial charge in [0.25, 0.3) is 0 Å². The number of halogens is 2. The Kier molecular flexibility index (Phi) is 3.36. The SMILES string of the molecule is COc1ccc(Cl)cc1C1(F)CCNCC1. The molecule has 0 atom stereocenters. The highest BCUT2D eigenvalue weighted by Crippen LogP contribution is 2.41. The summed E-state index contributed by atoms with van der Waals surface area (Å²) in [4.78, 5) is 0. The summed E-state index contributed by atoms with van der Waals surface area (Å²) in [7, 11) is 1.55. The van der Waals surface area contributed by atoms with Crippen LogP contribution in [0, 0.1) is 0 Å². The van der Waals surface area contributed by atoms with Crippen molar-refractivity contribution in [3.05, 3.63) is 28.8 Å². The molecule has 1 N–H and O–H groups in total. The molecule has 1 fully saturated rings. The van der Waals surface area contributed by atoms with Crippen LogP contribution in [0.4, 0.5) is 4.39 Å². The van der Waals surface area contributed by atoms with Crippen LogP contribution < -0.4 is 10.1 Å². The van der Waals surface area contributed by atoms with Crippen molar-refractivity contribution >= 4 is 11.6 Å². The minimum atomic E-state index is -1.32. The van der Waals surface area contributed by atoms with Crippen molar-refractivity contribution in [3.8, 4) is 5.75 Å². The Morgan fingerprint density at radius 2 is 2.06 bits per heavy atom. The fraction of sp³-hybridized carbons (Fsp3) is 0.500. The fourth-order valence-corrected chi connectivity index (χ4v) is 2.29. The molecule has 0 saturated carbocycles. The Morgan fingerprint density at radius 3 is 2.69 bits per heavy atom. The van der Waals surface area contributed by atoms with E-state index in [9.17, 15) is 4.39 Å². The third-order valence-corrected chi connectivity index (χ3v) is 3.28. The zero-order valence-corrected chi connectivity index (χ0v) is 9.98.